The molecule has 132 valence electrons. The average Bonchev–Trinajstić information content (AvgIpc) is 3.00. The first-order valence-electron chi connectivity index (χ1n) is 9.04. The number of nitrogens with one attached hydrogen (secondary N) is 1. The molecule has 6 heteroatoms. The molecule has 2 aliphatic rings. The molecule has 0 bridgehead atoms. The van der Waals surface area contributed by atoms with Gasteiger partial charge in [-0.3, -0.25) is 0 Å². The molecule has 1 aliphatic heterocycles. The standard InChI is InChI=1S/C18H28N4O2/c1-21-10-5-11-22(13-12-21)18(23)20-14-15-6-4-9-19-17(15)24-16-7-2-3-8-16/h4,6,9,16H,2-3,5,7-8,10-14H2,1H3,(H,20,23). The number of hydrogen-bond acceptors (Lipinski definition) is 4. The Bertz CT molecular complexity index is 546. The van der Waals surface area contributed by atoms with Gasteiger partial charge >= 0.3 is 6.03 Å². The lowest BCUT2D eigenvalue weighted by Gasteiger charge is -2.21. The number of carbonyl (C=O) groups excluding carboxylic acids is 1. The van der Waals surface area contributed by atoms with Gasteiger partial charge in [0.15, 0.2) is 0 Å². The molecule has 0 unspecified atom stereocenters. The molecule has 3 rings (SSSR count). The maximum atomic E-state index is 12.4. The lowest BCUT2D eigenvalue weighted by atomic mass is 10.2. The van der Waals surface area contributed by atoms with E-state index in [1.165, 1.54) is 12.8 Å². The van der Waals surface area contributed by atoms with Crippen molar-refractivity contribution < 1.29 is 9.53 Å². The molecule has 1 saturated heterocycles. The van der Waals surface area contributed by atoms with Crippen LogP contribution >= 0.6 is 0 Å². The Labute approximate surface area is 144 Å². The first-order chi connectivity index (χ1) is 11.7. The second-order valence-corrected chi connectivity index (χ2v) is 6.79. The quantitative estimate of drug-likeness (QED) is 0.919. The molecular formula is C18H28N4O2. The summed E-state index contributed by atoms with van der Waals surface area (Å²) < 4.78 is 6.04. The van der Waals surface area contributed by atoms with Gasteiger partial charge in [-0.15, -0.1) is 0 Å². The van der Waals surface area contributed by atoms with Crippen molar-refractivity contribution in [1.82, 2.24) is 20.1 Å². The summed E-state index contributed by atoms with van der Waals surface area (Å²) in [5, 5.41) is 3.03. The number of pyridine rings is 1. The highest BCUT2D eigenvalue weighted by molar-refractivity contribution is 5.74. The predicted molar refractivity (Wildman–Crippen MR) is 93.0 cm³/mol. The molecule has 0 atom stereocenters. The van der Waals surface area contributed by atoms with Crippen LogP contribution < -0.4 is 10.1 Å². The van der Waals surface area contributed by atoms with Crippen LogP contribution in [0.25, 0.3) is 0 Å². The minimum absolute atomic E-state index is 0.000898. The summed E-state index contributed by atoms with van der Waals surface area (Å²) in [6.45, 7) is 4.03. The number of likely N-dealkylation sites (N-methyl/N-ethyl adjacent to an activating group) is 1. The summed E-state index contributed by atoms with van der Waals surface area (Å²) in [6, 6.07) is 3.87. The molecule has 2 amide bonds. The minimum Gasteiger partial charge on any atom is -0.474 e. The van der Waals surface area contributed by atoms with E-state index in [1.54, 1.807) is 6.20 Å². The van der Waals surface area contributed by atoms with Crippen molar-refractivity contribution in [1.29, 1.82) is 0 Å². The van der Waals surface area contributed by atoms with Gasteiger partial charge in [0, 0.05) is 37.9 Å². The number of ether oxygens (including phenoxy) is 1. The largest absolute Gasteiger partial charge is 0.474 e. The molecular weight excluding hydrogens is 304 g/mol. The fraction of sp³-hybridized carbons (Fsp3) is 0.667. The van der Waals surface area contributed by atoms with Gasteiger partial charge in [-0.1, -0.05) is 6.07 Å². The van der Waals surface area contributed by atoms with Crippen LogP contribution in [-0.2, 0) is 6.54 Å². The van der Waals surface area contributed by atoms with Gasteiger partial charge in [0.05, 0.1) is 0 Å². The van der Waals surface area contributed by atoms with Crippen LogP contribution in [0.2, 0.25) is 0 Å². The Hall–Kier alpha value is -1.82. The van der Waals surface area contributed by atoms with Crippen LogP contribution in [0.5, 0.6) is 5.88 Å². The van der Waals surface area contributed by atoms with Gasteiger partial charge in [-0.2, -0.15) is 0 Å². The summed E-state index contributed by atoms with van der Waals surface area (Å²) in [6.07, 6.45) is 7.70. The van der Waals surface area contributed by atoms with E-state index in [1.807, 2.05) is 17.0 Å². The molecule has 0 radical (unpaired) electrons. The smallest absolute Gasteiger partial charge is 0.317 e. The van der Waals surface area contributed by atoms with Crippen LogP contribution in [0.3, 0.4) is 0 Å². The van der Waals surface area contributed by atoms with Gasteiger partial charge in [0.1, 0.15) is 6.10 Å². The number of urea groups is 1. The zero-order valence-electron chi connectivity index (χ0n) is 14.5. The lowest BCUT2D eigenvalue weighted by molar-refractivity contribution is 0.194. The molecule has 2 fully saturated rings. The first kappa shape index (κ1) is 17.0. The van der Waals surface area contributed by atoms with E-state index in [2.05, 4.69) is 22.2 Å². The topological polar surface area (TPSA) is 57.7 Å². The van der Waals surface area contributed by atoms with E-state index < -0.39 is 0 Å². The predicted octanol–water partition coefficient (Wildman–Crippen LogP) is 2.25. The Morgan fingerprint density at radius 1 is 1.25 bits per heavy atom. The second kappa shape index (κ2) is 8.33. The van der Waals surface area contributed by atoms with E-state index in [4.69, 9.17) is 4.74 Å². The molecule has 0 spiro atoms. The lowest BCUT2D eigenvalue weighted by Crippen LogP contribution is -2.41. The van der Waals surface area contributed by atoms with Crippen molar-refractivity contribution in [3.8, 4) is 5.88 Å². The summed E-state index contributed by atoms with van der Waals surface area (Å²) >= 11 is 0. The van der Waals surface area contributed by atoms with Crippen LogP contribution in [0.15, 0.2) is 18.3 Å². The third kappa shape index (κ3) is 4.60. The second-order valence-electron chi connectivity index (χ2n) is 6.79. The van der Waals surface area contributed by atoms with Crippen molar-refractivity contribution in [2.45, 2.75) is 44.8 Å². The van der Waals surface area contributed by atoms with Crippen molar-refractivity contribution in [2.75, 3.05) is 33.2 Å². The summed E-state index contributed by atoms with van der Waals surface area (Å²) in [5.74, 6) is 0.667. The fourth-order valence-electron chi connectivity index (χ4n) is 3.36. The van der Waals surface area contributed by atoms with Crippen molar-refractivity contribution >= 4 is 6.03 Å². The zero-order chi connectivity index (χ0) is 16.8. The number of rotatable bonds is 4. The third-order valence-corrected chi connectivity index (χ3v) is 4.87. The Balaban J connectivity index is 1.54. The summed E-state index contributed by atoms with van der Waals surface area (Å²) in [7, 11) is 2.10. The molecule has 1 N–H and O–H groups in total. The average molecular weight is 332 g/mol. The van der Waals surface area contributed by atoms with Crippen LogP contribution in [0, 0.1) is 0 Å². The van der Waals surface area contributed by atoms with Crippen molar-refractivity contribution in [3.05, 3.63) is 23.9 Å². The highest BCUT2D eigenvalue weighted by atomic mass is 16.5. The number of amides is 2. The Morgan fingerprint density at radius 2 is 2.08 bits per heavy atom. The van der Waals surface area contributed by atoms with Gasteiger partial charge in [-0.25, -0.2) is 9.78 Å². The number of hydrogen-bond donors (Lipinski definition) is 1. The van der Waals surface area contributed by atoms with E-state index >= 15 is 0 Å². The third-order valence-electron chi connectivity index (χ3n) is 4.87. The minimum atomic E-state index is 0.000898. The zero-order valence-corrected chi connectivity index (χ0v) is 14.5. The highest BCUT2D eigenvalue weighted by Crippen LogP contribution is 2.24. The molecule has 0 aromatic carbocycles. The highest BCUT2D eigenvalue weighted by Gasteiger charge is 2.20. The van der Waals surface area contributed by atoms with Crippen LogP contribution in [0.4, 0.5) is 4.79 Å². The van der Waals surface area contributed by atoms with Crippen molar-refractivity contribution in [2.24, 2.45) is 0 Å². The van der Waals surface area contributed by atoms with E-state index in [9.17, 15) is 4.79 Å². The number of carbonyl (C=O) groups is 1. The van der Waals surface area contributed by atoms with E-state index in [0.29, 0.717) is 12.4 Å². The monoisotopic (exact) mass is 332 g/mol. The maximum Gasteiger partial charge on any atom is 0.317 e. The number of aromatic nitrogens is 1. The van der Waals surface area contributed by atoms with Gasteiger partial charge in [0.25, 0.3) is 0 Å². The first-order valence-corrected chi connectivity index (χ1v) is 9.04. The molecule has 2 heterocycles. The summed E-state index contributed by atoms with van der Waals surface area (Å²) in [5.41, 5.74) is 0.949. The van der Waals surface area contributed by atoms with E-state index in [-0.39, 0.29) is 12.1 Å². The Morgan fingerprint density at radius 3 is 2.92 bits per heavy atom. The normalized spacial score (nSPS) is 20.0. The van der Waals surface area contributed by atoms with Crippen molar-refractivity contribution in [3.63, 3.8) is 0 Å². The van der Waals surface area contributed by atoms with Gasteiger partial charge in [0.2, 0.25) is 5.88 Å². The molecule has 1 saturated carbocycles. The molecule has 1 aromatic rings. The van der Waals surface area contributed by atoms with Crippen LogP contribution in [0.1, 0.15) is 37.7 Å². The van der Waals surface area contributed by atoms with E-state index in [0.717, 1.165) is 51.0 Å². The molecule has 24 heavy (non-hydrogen) atoms. The SMILES string of the molecule is CN1CCCN(C(=O)NCc2cccnc2OC2CCCC2)CC1. The molecule has 6 nitrogen and oxygen atoms in total. The number of nitrogens with zero attached hydrogens (tertiary/aromatic N) is 3. The fourth-order valence-corrected chi connectivity index (χ4v) is 3.36. The summed E-state index contributed by atoms with van der Waals surface area (Å²) in [4.78, 5) is 21.0. The Kier molecular flexibility index (Phi) is 5.91. The van der Waals surface area contributed by atoms with Crippen LogP contribution in [-0.4, -0.2) is 60.1 Å². The maximum absolute atomic E-state index is 12.4. The molecule has 1 aromatic heterocycles. The van der Waals surface area contributed by atoms with Gasteiger partial charge < -0.3 is 19.9 Å². The molecule has 1 aliphatic carbocycles. The van der Waals surface area contributed by atoms with Gasteiger partial charge in [-0.05, 0) is 51.8 Å².